The molecule has 0 aliphatic carbocycles. The van der Waals surface area contributed by atoms with E-state index in [0.717, 1.165) is 12.1 Å². The van der Waals surface area contributed by atoms with Crippen LogP contribution in [0.5, 0.6) is 0 Å². The first-order chi connectivity index (χ1) is 8.97. The largest absolute Gasteiger partial charge is 0.468 e. The summed E-state index contributed by atoms with van der Waals surface area (Å²) in [4.78, 5) is 22.0. The summed E-state index contributed by atoms with van der Waals surface area (Å²) < 4.78 is 4.67. The van der Waals surface area contributed by atoms with Crippen LogP contribution in [0.4, 0.5) is 5.95 Å². The third kappa shape index (κ3) is 4.44. The normalized spacial score (nSPS) is 10.1. The molecular weight excluding hydrogens is 264 g/mol. The number of hydrogen-bond donors (Lipinski definition) is 1. The molecular formula is C12H18N4O2S. The summed E-state index contributed by atoms with van der Waals surface area (Å²) in [6, 6.07) is 1.72. The Labute approximate surface area is 118 Å². The number of anilines is 1. The molecule has 0 unspecified atom stereocenters. The minimum absolute atomic E-state index is 0.102. The van der Waals surface area contributed by atoms with Crippen LogP contribution in [0.15, 0.2) is 6.07 Å². The van der Waals surface area contributed by atoms with E-state index < -0.39 is 0 Å². The fraction of sp³-hybridized carbons (Fsp3) is 0.500. The number of carbonyl (C=O) groups is 1. The van der Waals surface area contributed by atoms with E-state index in [1.807, 2.05) is 13.8 Å². The molecule has 0 aromatic carbocycles. The Hall–Kier alpha value is -1.76. The number of esters is 1. The van der Waals surface area contributed by atoms with Gasteiger partial charge in [0.05, 0.1) is 7.11 Å². The molecule has 7 heteroatoms. The van der Waals surface area contributed by atoms with E-state index in [-0.39, 0.29) is 17.5 Å². The van der Waals surface area contributed by atoms with Gasteiger partial charge in [0, 0.05) is 12.2 Å². The molecule has 19 heavy (non-hydrogen) atoms. The minimum atomic E-state index is -0.338. The second-order valence-corrected chi connectivity index (χ2v) is 4.50. The van der Waals surface area contributed by atoms with Crippen LogP contribution in [0.1, 0.15) is 24.7 Å². The van der Waals surface area contributed by atoms with Crippen molar-refractivity contribution in [2.45, 2.75) is 20.3 Å². The maximum absolute atomic E-state index is 11.4. The Bertz CT molecular complexity index is 479. The first-order valence-corrected chi connectivity index (χ1v) is 6.36. The summed E-state index contributed by atoms with van der Waals surface area (Å²) in [6.45, 7) is 4.59. The molecule has 1 aromatic heterocycles. The second kappa shape index (κ2) is 6.98. The van der Waals surface area contributed by atoms with Crippen LogP contribution in [0.25, 0.3) is 0 Å². The van der Waals surface area contributed by atoms with Crippen molar-refractivity contribution < 1.29 is 9.53 Å². The Morgan fingerprint density at radius 1 is 1.53 bits per heavy atom. The van der Waals surface area contributed by atoms with Crippen molar-refractivity contribution in [2.24, 2.45) is 5.73 Å². The monoisotopic (exact) mass is 282 g/mol. The molecule has 0 spiro atoms. The number of nitrogens with two attached hydrogens (primary N) is 1. The molecule has 0 aliphatic rings. The minimum Gasteiger partial charge on any atom is -0.468 e. The lowest BCUT2D eigenvalue weighted by molar-refractivity contribution is -0.138. The van der Waals surface area contributed by atoms with Crippen molar-refractivity contribution in [3.05, 3.63) is 17.5 Å². The van der Waals surface area contributed by atoms with E-state index in [9.17, 15) is 4.79 Å². The molecule has 1 rings (SSSR count). The third-order valence-electron chi connectivity index (χ3n) is 2.42. The summed E-state index contributed by atoms with van der Waals surface area (Å²) in [6.07, 6.45) is 0.858. The first-order valence-electron chi connectivity index (χ1n) is 5.95. The van der Waals surface area contributed by atoms with Crippen LogP contribution < -0.4 is 10.6 Å². The molecule has 0 bridgehead atoms. The summed E-state index contributed by atoms with van der Waals surface area (Å²) in [5.41, 5.74) is 6.84. The van der Waals surface area contributed by atoms with Crippen LogP contribution in [0.3, 0.4) is 0 Å². The highest BCUT2D eigenvalue weighted by molar-refractivity contribution is 7.80. The predicted octanol–water partition coefficient (Wildman–Crippen LogP) is 0.809. The number of methoxy groups -OCH3 is 1. The van der Waals surface area contributed by atoms with Crippen molar-refractivity contribution in [2.75, 3.05) is 25.1 Å². The zero-order valence-corrected chi connectivity index (χ0v) is 12.2. The standard InChI is InChI=1S/C12H18N4O2S/c1-4-5-16(7-10(17)18-3)12-14-8(2)6-9(15-12)11(13)19/h6H,4-5,7H2,1-3H3,(H2,13,19). The van der Waals surface area contributed by atoms with Gasteiger partial charge in [0.25, 0.3) is 0 Å². The zero-order chi connectivity index (χ0) is 14.4. The second-order valence-electron chi connectivity index (χ2n) is 4.06. The number of thiocarbonyl (C=S) groups is 1. The topological polar surface area (TPSA) is 81.3 Å². The predicted molar refractivity (Wildman–Crippen MR) is 77.2 cm³/mol. The van der Waals surface area contributed by atoms with Crippen LogP contribution in [0.2, 0.25) is 0 Å². The molecule has 0 saturated heterocycles. The van der Waals surface area contributed by atoms with Crippen molar-refractivity contribution in [3.8, 4) is 0 Å². The first kappa shape index (κ1) is 15.3. The summed E-state index contributed by atoms with van der Waals surface area (Å²) in [7, 11) is 1.35. The number of nitrogens with zero attached hydrogens (tertiary/aromatic N) is 3. The lowest BCUT2D eigenvalue weighted by Crippen LogP contribution is -2.33. The van der Waals surface area contributed by atoms with E-state index in [0.29, 0.717) is 18.2 Å². The molecule has 0 atom stereocenters. The highest BCUT2D eigenvalue weighted by Crippen LogP contribution is 2.11. The van der Waals surface area contributed by atoms with Gasteiger partial charge in [-0.15, -0.1) is 0 Å². The van der Waals surface area contributed by atoms with Gasteiger partial charge in [0.2, 0.25) is 5.95 Å². The van der Waals surface area contributed by atoms with Crippen molar-refractivity contribution >= 4 is 29.1 Å². The number of rotatable bonds is 6. The van der Waals surface area contributed by atoms with Crippen LogP contribution in [0, 0.1) is 6.92 Å². The molecule has 0 amide bonds. The lowest BCUT2D eigenvalue weighted by Gasteiger charge is -2.21. The molecule has 0 radical (unpaired) electrons. The van der Waals surface area contributed by atoms with E-state index >= 15 is 0 Å². The number of ether oxygens (including phenoxy) is 1. The van der Waals surface area contributed by atoms with E-state index in [4.69, 9.17) is 18.0 Å². The average Bonchev–Trinajstić information content (AvgIpc) is 2.37. The smallest absolute Gasteiger partial charge is 0.325 e. The van der Waals surface area contributed by atoms with Gasteiger partial charge in [0.1, 0.15) is 17.2 Å². The van der Waals surface area contributed by atoms with E-state index in [1.54, 1.807) is 11.0 Å². The van der Waals surface area contributed by atoms with Gasteiger partial charge in [0.15, 0.2) is 0 Å². The van der Waals surface area contributed by atoms with Gasteiger partial charge in [-0.05, 0) is 19.4 Å². The quantitative estimate of drug-likeness (QED) is 0.610. The summed E-state index contributed by atoms with van der Waals surface area (Å²) >= 11 is 4.92. The molecule has 0 fully saturated rings. The van der Waals surface area contributed by atoms with Crippen LogP contribution >= 0.6 is 12.2 Å². The number of hydrogen-bond acceptors (Lipinski definition) is 6. The zero-order valence-electron chi connectivity index (χ0n) is 11.3. The van der Waals surface area contributed by atoms with Gasteiger partial charge in [-0.25, -0.2) is 9.97 Å². The fourth-order valence-corrected chi connectivity index (χ4v) is 1.67. The Kier molecular flexibility index (Phi) is 5.62. The molecule has 1 aromatic rings. The number of carbonyl (C=O) groups excluding carboxylic acids is 1. The molecule has 6 nitrogen and oxygen atoms in total. The van der Waals surface area contributed by atoms with Gasteiger partial charge < -0.3 is 15.4 Å². The lowest BCUT2D eigenvalue weighted by atomic mass is 10.3. The van der Waals surface area contributed by atoms with Gasteiger partial charge in [-0.2, -0.15) is 0 Å². The number of aryl methyl sites for hydroxylation is 1. The maximum atomic E-state index is 11.4. The third-order valence-corrected chi connectivity index (χ3v) is 2.63. The van der Waals surface area contributed by atoms with Gasteiger partial charge >= 0.3 is 5.97 Å². The Morgan fingerprint density at radius 3 is 2.74 bits per heavy atom. The Balaban J connectivity index is 3.07. The van der Waals surface area contributed by atoms with E-state index in [2.05, 4.69) is 14.7 Å². The molecule has 104 valence electrons. The van der Waals surface area contributed by atoms with Crippen molar-refractivity contribution in [3.63, 3.8) is 0 Å². The highest BCUT2D eigenvalue weighted by Gasteiger charge is 2.15. The van der Waals surface area contributed by atoms with Gasteiger partial charge in [-0.1, -0.05) is 19.1 Å². The molecule has 0 aliphatic heterocycles. The number of aromatic nitrogens is 2. The molecule has 1 heterocycles. The maximum Gasteiger partial charge on any atom is 0.325 e. The fourth-order valence-electron chi connectivity index (χ4n) is 1.56. The average molecular weight is 282 g/mol. The van der Waals surface area contributed by atoms with Crippen molar-refractivity contribution in [1.29, 1.82) is 0 Å². The van der Waals surface area contributed by atoms with E-state index in [1.165, 1.54) is 7.11 Å². The SMILES string of the molecule is CCCN(CC(=O)OC)c1nc(C)cc(C(N)=S)n1. The Morgan fingerprint density at radius 2 is 2.21 bits per heavy atom. The summed E-state index contributed by atoms with van der Waals surface area (Å²) in [5, 5.41) is 0. The van der Waals surface area contributed by atoms with Crippen LogP contribution in [-0.4, -0.2) is 41.1 Å². The van der Waals surface area contributed by atoms with Crippen LogP contribution in [-0.2, 0) is 9.53 Å². The summed E-state index contributed by atoms with van der Waals surface area (Å²) in [5.74, 6) is 0.102. The molecule has 0 saturated carbocycles. The molecule has 2 N–H and O–H groups in total. The highest BCUT2D eigenvalue weighted by atomic mass is 32.1. The van der Waals surface area contributed by atoms with Crippen molar-refractivity contribution in [1.82, 2.24) is 9.97 Å². The van der Waals surface area contributed by atoms with Gasteiger partial charge in [-0.3, -0.25) is 4.79 Å².